The van der Waals surface area contributed by atoms with Gasteiger partial charge in [0.15, 0.2) is 0 Å². The molecule has 0 aliphatic carbocycles. The van der Waals surface area contributed by atoms with E-state index < -0.39 is 0 Å². The lowest BCUT2D eigenvalue weighted by Gasteiger charge is -2.19. The van der Waals surface area contributed by atoms with Crippen molar-refractivity contribution in [3.63, 3.8) is 0 Å². The number of amides is 1. The van der Waals surface area contributed by atoms with Crippen LogP contribution in [-0.2, 0) is 11.3 Å². The lowest BCUT2D eigenvalue weighted by Crippen LogP contribution is -2.33. The summed E-state index contributed by atoms with van der Waals surface area (Å²) >= 11 is 6.21. The molecule has 2 N–H and O–H groups in total. The summed E-state index contributed by atoms with van der Waals surface area (Å²) in [4.78, 5) is 18.2. The Kier molecular flexibility index (Phi) is 5.61. The van der Waals surface area contributed by atoms with Crippen LogP contribution in [0.3, 0.4) is 0 Å². The lowest BCUT2D eigenvalue weighted by atomic mass is 10.3. The smallest absolute Gasteiger partial charge is 0.234 e. The number of aromatic nitrogens is 1. The second-order valence-electron chi connectivity index (χ2n) is 4.97. The lowest BCUT2D eigenvalue weighted by molar-refractivity contribution is -0.121. The van der Waals surface area contributed by atoms with Gasteiger partial charge in [0.05, 0.1) is 17.3 Å². The van der Waals surface area contributed by atoms with Crippen LogP contribution >= 0.6 is 11.6 Å². The zero-order valence-electron chi connectivity index (χ0n) is 11.8. The van der Waals surface area contributed by atoms with Crippen LogP contribution in [0.2, 0.25) is 5.02 Å². The average molecular weight is 297 g/mol. The Hall–Kier alpha value is -1.33. The van der Waals surface area contributed by atoms with E-state index in [1.54, 1.807) is 0 Å². The van der Waals surface area contributed by atoms with Crippen LogP contribution in [0.4, 0.5) is 5.82 Å². The molecule has 20 heavy (non-hydrogen) atoms. The summed E-state index contributed by atoms with van der Waals surface area (Å²) in [5, 5.41) is 6.77. The third-order valence-corrected chi connectivity index (χ3v) is 3.53. The van der Waals surface area contributed by atoms with Crippen molar-refractivity contribution >= 4 is 23.3 Å². The summed E-state index contributed by atoms with van der Waals surface area (Å²) in [6.07, 6.45) is 2.00. The Bertz CT molecular complexity index is 466. The number of pyridine rings is 1. The largest absolute Gasteiger partial charge is 0.370 e. The molecule has 0 saturated carbocycles. The molecule has 0 aromatic carbocycles. The second kappa shape index (κ2) is 7.45. The van der Waals surface area contributed by atoms with E-state index in [4.69, 9.17) is 11.6 Å². The standard InChI is InChI=1S/C14H21ClN4O/c1-2-6-16-13-5-4-11(15)12(18-13)9-19-8-3-7-17-14(20)10-19/h4-5H,2-3,6-10H2,1H3,(H,16,18)(H,17,20). The van der Waals surface area contributed by atoms with Crippen LogP contribution < -0.4 is 10.6 Å². The van der Waals surface area contributed by atoms with E-state index in [1.807, 2.05) is 12.1 Å². The third-order valence-electron chi connectivity index (χ3n) is 3.19. The molecule has 110 valence electrons. The number of carbonyl (C=O) groups is 1. The van der Waals surface area contributed by atoms with Crippen molar-refractivity contribution in [3.05, 3.63) is 22.8 Å². The summed E-state index contributed by atoms with van der Waals surface area (Å²) in [6, 6.07) is 3.75. The maximum Gasteiger partial charge on any atom is 0.234 e. The molecular weight excluding hydrogens is 276 g/mol. The van der Waals surface area contributed by atoms with Crippen LogP contribution in [-0.4, -0.2) is 42.0 Å². The van der Waals surface area contributed by atoms with Crippen molar-refractivity contribution in [2.75, 3.05) is 31.5 Å². The van der Waals surface area contributed by atoms with Gasteiger partial charge in [-0.15, -0.1) is 0 Å². The minimum atomic E-state index is 0.0684. The first kappa shape index (κ1) is 15.1. The van der Waals surface area contributed by atoms with Crippen LogP contribution in [0.25, 0.3) is 0 Å². The van der Waals surface area contributed by atoms with E-state index in [9.17, 15) is 4.79 Å². The van der Waals surface area contributed by atoms with Gasteiger partial charge in [-0.2, -0.15) is 0 Å². The van der Waals surface area contributed by atoms with Crippen molar-refractivity contribution in [2.24, 2.45) is 0 Å². The fourth-order valence-electron chi connectivity index (χ4n) is 2.16. The molecule has 0 unspecified atom stereocenters. The highest BCUT2D eigenvalue weighted by Crippen LogP contribution is 2.19. The molecule has 0 spiro atoms. The molecule has 1 aromatic heterocycles. The van der Waals surface area contributed by atoms with E-state index in [1.165, 1.54) is 0 Å². The van der Waals surface area contributed by atoms with Gasteiger partial charge >= 0.3 is 0 Å². The molecule has 1 aliphatic rings. The number of carbonyl (C=O) groups excluding carboxylic acids is 1. The van der Waals surface area contributed by atoms with Gasteiger partial charge in [0.25, 0.3) is 0 Å². The van der Waals surface area contributed by atoms with E-state index in [-0.39, 0.29) is 5.91 Å². The predicted molar refractivity (Wildman–Crippen MR) is 80.9 cm³/mol. The van der Waals surface area contributed by atoms with Crippen LogP contribution in [0.1, 0.15) is 25.5 Å². The van der Waals surface area contributed by atoms with Crippen molar-refractivity contribution in [1.29, 1.82) is 0 Å². The van der Waals surface area contributed by atoms with Gasteiger partial charge in [-0.1, -0.05) is 18.5 Å². The van der Waals surface area contributed by atoms with Gasteiger partial charge in [-0.25, -0.2) is 4.98 Å². The molecule has 6 heteroatoms. The van der Waals surface area contributed by atoms with E-state index in [2.05, 4.69) is 27.4 Å². The number of anilines is 1. The highest BCUT2D eigenvalue weighted by molar-refractivity contribution is 6.31. The molecule has 2 rings (SSSR count). The molecule has 2 heterocycles. The van der Waals surface area contributed by atoms with Gasteiger partial charge in [-0.05, 0) is 25.0 Å². The number of nitrogens with zero attached hydrogens (tertiary/aromatic N) is 2. The summed E-state index contributed by atoms with van der Waals surface area (Å²) in [5.41, 5.74) is 0.822. The minimum absolute atomic E-state index is 0.0684. The first-order valence-electron chi connectivity index (χ1n) is 7.07. The number of hydrogen-bond donors (Lipinski definition) is 2. The van der Waals surface area contributed by atoms with Gasteiger partial charge in [0.2, 0.25) is 5.91 Å². The molecule has 5 nitrogen and oxygen atoms in total. The van der Waals surface area contributed by atoms with E-state index in [0.29, 0.717) is 18.1 Å². The zero-order chi connectivity index (χ0) is 14.4. The Labute approximate surface area is 124 Å². The van der Waals surface area contributed by atoms with Crippen LogP contribution in [0, 0.1) is 0 Å². The Morgan fingerprint density at radius 1 is 1.50 bits per heavy atom. The van der Waals surface area contributed by atoms with Crippen molar-refractivity contribution in [1.82, 2.24) is 15.2 Å². The maximum atomic E-state index is 11.6. The summed E-state index contributed by atoms with van der Waals surface area (Å²) in [5.74, 6) is 0.907. The fourth-order valence-corrected chi connectivity index (χ4v) is 2.33. The van der Waals surface area contributed by atoms with Crippen LogP contribution in [0.15, 0.2) is 12.1 Å². The topological polar surface area (TPSA) is 57.3 Å². The molecule has 0 radical (unpaired) electrons. The number of rotatable bonds is 5. The molecular formula is C14H21ClN4O. The Balaban J connectivity index is 2.04. The second-order valence-corrected chi connectivity index (χ2v) is 5.37. The molecule has 1 saturated heterocycles. The summed E-state index contributed by atoms with van der Waals surface area (Å²) < 4.78 is 0. The van der Waals surface area contributed by atoms with Gasteiger partial charge in [0, 0.05) is 26.2 Å². The van der Waals surface area contributed by atoms with Gasteiger partial charge < -0.3 is 10.6 Å². The zero-order valence-corrected chi connectivity index (χ0v) is 12.5. The maximum absolute atomic E-state index is 11.6. The first-order valence-corrected chi connectivity index (χ1v) is 7.45. The molecule has 1 amide bonds. The highest BCUT2D eigenvalue weighted by atomic mass is 35.5. The SMILES string of the molecule is CCCNc1ccc(Cl)c(CN2CCCNC(=O)C2)n1. The van der Waals surface area contributed by atoms with Crippen LogP contribution in [0.5, 0.6) is 0 Å². The number of halogens is 1. The summed E-state index contributed by atoms with van der Waals surface area (Å²) in [7, 11) is 0. The van der Waals surface area contributed by atoms with Gasteiger partial charge in [-0.3, -0.25) is 9.69 Å². The first-order chi connectivity index (χ1) is 9.69. The van der Waals surface area contributed by atoms with Crippen molar-refractivity contribution in [3.8, 4) is 0 Å². The van der Waals surface area contributed by atoms with Crippen molar-refractivity contribution < 1.29 is 4.79 Å². The number of hydrogen-bond acceptors (Lipinski definition) is 4. The Morgan fingerprint density at radius 3 is 3.15 bits per heavy atom. The summed E-state index contributed by atoms with van der Waals surface area (Å²) in [6.45, 7) is 5.64. The fraction of sp³-hybridized carbons (Fsp3) is 0.571. The van der Waals surface area contributed by atoms with Crippen molar-refractivity contribution in [2.45, 2.75) is 26.3 Å². The quantitative estimate of drug-likeness (QED) is 0.871. The number of nitrogens with one attached hydrogen (secondary N) is 2. The molecule has 1 aromatic rings. The minimum Gasteiger partial charge on any atom is -0.370 e. The monoisotopic (exact) mass is 296 g/mol. The molecule has 1 fully saturated rings. The average Bonchev–Trinajstić information content (AvgIpc) is 2.64. The molecule has 0 atom stereocenters. The highest BCUT2D eigenvalue weighted by Gasteiger charge is 2.16. The molecule has 0 bridgehead atoms. The normalized spacial score (nSPS) is 16.6. The van der Waals surface area contributed by atoms with E-state index in [0.717, 1.165) is 44.0 Å². The molecule has 1 aliphatic heterocycles. The van der Waals surface area contributed by atoms with Gasteiger partial charge in [0.1, 0.15) is 5.82 Å². The Morgan fingerprint density at radius 2 is 2.35 bits per heavy atom. The van der Waals surface area contributed by atoms with E-state index >= 15 is 0 Å². The predicted octanol–water partition coefficient (Wildman–Crippen LogP) is 1.88. The third kappa shape index (κ3) is 4.35.